The van der Waals surface area contributed by atoms with Gasteiger partial charge in [0, 0.05) is 40.1 Å². The highest BCUT2D eigenvalue weighted by atomic mass is 79.9. The Labute approximate surface area is 170 Å². The summed E-state index contributed by atoms with van der Waals surface area (Å²) in [6.07, 6.45) is 3.32. The van der Waals surface area contributed by atoms with Gasteiger partial charge >= 0.3 is 0 Å². The lowest BCUT2D eigenvalue weighted by molar-refractivity contribution is -0.113. The van der Waals surface area contributed by atoms with Gasteiger partial charge in [-0.1, -0.05) is 15.9 Å². The number of halogens is 1. The molecule has 7 heteroatoms. The van der Waals surface area contributed by atoms with Gasteiger partial charge in [0.05, 0.1) is 5.75 Å². The molecule has 0 atom stereocenters. The first-order valence-corrected chi connectivity index (χ1v) is 10.0. The van der Waals surface area contributed by atoms with Gasteiger partial charge in [-0.15, -0.1) is 11.8 Å². The van der Waals surface area contributed by atoms with Crippen LogP contribution in [0.3, 0.4) is 0 Å². The van der Waals surface area contributed by atoms with Gasteiger partial charge in [-0.25, -0.2) is 4.98 Å². The third-order valence-electron chi connectivity index (χ3n) is 3.95. The van der Waals surface area contributed by atoms with E-state index in [0.717, 1.165) is 14.9 Å². The molecule has 0 radical (unpaired) electrons. The van der Waals surface area contributed by atoms with Gasteiger partial charge in [-0.05, 0) is 55.0 Å². The zero-order valence-corrected chi connectivity index (χ0v) is 17.3. The highest BCUT2D eigenvalue weighted by Crippen LogP contribution is 2.25. The molecule has 3 aromatic rings. The molecule has 0 saturated heterocycles. The van der Waals surface area contributed by atoms with Crippen LogP contribution in [0, 0.1) is 6.92 Å². The molecule has 1 amide bonds. The number of thioether (sulfide) groups is 1. The summed E-state index contributed by atoms with van der Waals surface area (Å²) in [7, 11) is 1.78. The Morgan fingerprint density at radius 2 is 1.93 bits per heavy atom. The summed E-state index contributed by atoms with van der Waals surface area (Å²) in [6, 6.07) is 12.8. The van der Waals surface area contributed by atoms with Crippen LogP contribution in [0.25, 0.3) is 0 Å². The number of nitrogens with one attached hydrogen (secondary N) is 1. The van der Waals surface area contributed by atoms with Crippen molar-refractivity contribution in [2.75, 3.05) is 11.1 Å². The molecule has 1 aromatic heterocycles. The minimum absolute atomic E-state index is 0.0921. The Morgan fingerprint density at radius 1 is 1.19 bits per heavy atom. The number of amides is 1. The Hall–Kier alpha value is -2.38. The predicted molar refractivity (Wildman–Crippen MR) is 111 cm³/mol. The zero-order chi connectivity index (χ0) is 19.4. The fraction of sp³-hybridized carbons (Fsp3) is 0.150. The molecule has 0 aliphatic carbocycles. The molecule has 0 fully saturated rings. The molecule has 0 unspecified atom stereocenters. The van der Waals surface area contributed by atoms with Crippen molar-refractivity contribution in [1.82, 2.24) is 9.55 Å². The van der Waals surface area contributed by atoms with Crippen molar-refractivity contribution in [2.45, 2.75) is 11.8 Å². The fourth-order valence-corrected chi connectivity index (χ4v) is 3.82. The van der Waals surface area contributed by atoms with Crippen molar-refractivity contribution in [2.24, 2.45) is 7.05 Å². The Kier molecular flexibility index (Phi) is 6.13. The van der Waals surface area contributed by atoms with E-state index in [1.807, 2.05) is 25.1 Å². The van der Waals surface area contributed by atoms with Crippen molar-refractivity contribution in [1.29, 1.82) is 0 Å². The van der Waals surface area contributed by atoms with Crippen LogP contribution in [-0.4, -0.2) is 27.0 Å². The first-order valence-electron chi connectivity index (χ1n) is 8.25. The molecular weight excluding hydrogens is 426 g/mol. The van der Waals surface area contributed by atoms with E-state index in [2.05, 4.69) is 26.2 Å². The number of hydrogen-bond acceptors (Lipinski definition) is 4. The molecule has 0 saturated carbocycles. The van der Waals surface area contributed by atoms with E-state index in [1.165, 1.54) is 11.8 Å². The number of nitrogens with zero attached hydrogens (tertiary/aromatic N) is 2. The maximum absolute atomic E-state index is 12.4. The predicted octanol–water partition coefficient (Wildman–Crippen LogP) is 4.45. The molecule has 27 heavy (non-hydrogen) atoms. The van der Waals surface area contributed by atoms with Crippen LogP contribution in [0.4, 0.5) is 5.69 Å². The molecule has 2 aromatic carbocycles. The summed E-state index contributed by atoms with van der Waals surface area (Å²) >= 11 is 4.93. The second kappa shape index (κ2) is 8.54. The van der Waals surface area contributed by atoms with Crippen molar-refractivity contribution >= 4 is 45.1 Å². The number of rotatable bonds is 6. The van der Waals surface area contributed by atoms with E-state index in [0.29, 0.717) is 22.8 Å². The van der Waals surface area contributed by atoms with Crippen LogP contribution in [0.5, 0.6) is 0 Å². The minimum atomic E-state index is -0.151. The van der Waals surface area contributed by atoms with Crippen LogP contribution in [0.1, 0.15) is 21.7 Å². The van der Waals surface area contributed by atoms with Gasteiger partial charge in [-0.3, -0.25) is 9.59 Å². The Morgan fingerprint density at radius 3 is 2.56 bits per heavy atom. The van der Waals surface area contributed by atoms with Crippen molar-refractivity contribution in [3.05, 3.63) is 76.3 Å². The van der Waals surface area contributed by atoms with Crippen LogP contribution in [-0.2, 0) is 11.8 Å². The van der Waals surface area contributed by atoms with Gasteiger partial charge in [0.15, 0.2) is 5.82 Å². The quantitative estimate of drug-likeness (QED) is 0.451. The second-order valence-electron chi connectivity index (χ2n) is 6.01. The first kappa shape index (κ1) is 19.4. The third-order valence-corrected chi connectivity index (χ3v) is 5.62. The maximum Gasteiger partial charge on any atom is 0.234 e. The number of ketones is 1. The van der Waals surface area contributed by atoms with E-state index >= 15 is 0 Å². The molecule has 5 nitrogen and oxygen atoms in total. The Bertz CT molecular complexity index is 983. The van der Waals surface area contributed by atoms with E-state index < -0.39 is 0 Å². The molecule has 1 heterocycles. The van der Waals surface area contributed by atoms with Crippen LogP contribution >= 0.6 is 27.7 Å². The summed E-state index contributed by atoms with van der Waals surface area (Å²) in [6.45, 7) is 2.02. The molecule has 1 N–H and O–H groups in total. The molecule has 0 bridgehead atoms. The minimum Gasteiger partial charge on any atom is -0.331 e. The number of hydrogen-bond donors (Lipinski definition) is 1. The molecule has 0 spiro atoms. The average Bonchev–Trinajstić information content (AvgIpc) is 3.07. The lowest BCUT2D eigenvalue weighted by Gasteiger charge is -2.08. The number of aryl methyl sites for hydroxylation is 2. The maximum atomic E-state index is 12.4. The number of imidazole rings is 1. The summed E-state index contributed by atoms with van der Waals surface area (Å²) in [5.74, 6) is 0.455. The van der Waals surface area contributed by atoms with Gasteiger partial charge < -0.3 is 9.88 Å². The molecule has 138 valence electrons. The average molecular weight is 444 g/mol. The molecular formula is C20H18BrN3O2S. The fourth-order valence-electron chi connectivity index (χ4n) is 2.53. The summed E-state index contributed by atoms with van der Waals surface area (Å²) in [5, 5.41) is 2.85. The van der Waals surface area contributed by atoms with Crippen molar-refractivity contribution in [3.8, 4) is 0 Å². The number of carbonyl (C=O) groups is 2. The summed E-state index contributed by atoms with van der Waals surface area (Å²) in [5.41, 5.74) is 2.31. The largest absolute Gasteiger partial charge is 0.331 e. The number of carbonyl (C=O) groups excluding carboxylic acids is 2. The second-order valence-corrected chi connectivity index (χ2v) is 7.95. The van der Waals surface area contributed by atoms with Gasteiger partial charge in [-0.2, -0.15) is 0 Å². The topological polar surface area (TPSA) is 64.0 Å². The van der Waals surface area contributed by atoms with Crippen LogP contribution in [0.2, 0.25) is 0 Å². The number of anilines is 1. The molecule has 0 aliphatic heterocycles. The van der Waals surface area contributed by atoms with Gasteiger partial charge in [0.25, 0.3) is 0 Å². The van der Waals surface area contributed by atoms with E-state index in [9.17, 15) is 9.59 Å². The normalized spacial score (nSPS) is 10.6. The highest BCUT2D eigenvalue weighted by molar-refractivity contribution is 9.10. The van der Waals surface area contributed by atoms with Gasteiger partial charge in [0.2, 0.25) is 11.7 Å². The lowest BCUT2D eigenvalue weighted by Crippen LogP contribution is -2.14. The smallest absolute Gasteiger partial charge is 0.234 e. The lowest BCUT2D eigenvalue weighted by atomic mass is 10.1. The van der Waals surface area contributed by atoms with Crippen LogP contribution in [0.15, 0.2) is 64.2 Å². The Balaban J connectivity index is 1.58. The van der Waals surface area contributed by atoms with E-state index in [4.69, 9.17) is 0 Å². The monoisotopic (exact) mass is 443 g/mol. The van der Waals surface area contributed by atoms with Crippen molar-refractivity contribution in [3.63, 3.8) is 0 Å². The van der Waals surface area contributed by atoms with Crippen molar-refractivity contribution < 1.29 is 9.59 Å². The van der Waals surface area contributed by atoms with Gasteiger partial charge in [0.1, 0.15) is 0 Å². The number of aromatic nitrogens is 2. The standard InChI is InChI=1S/C20H18BrN3O2S/c1-13-11-15(21)5-8-17(13)27-12-18(25)23-16-6-3-14(4-7-16)19(26)20-22-9-10-24(20)2/h3-11H,12H2,1-2H3,(H,23,25). The van der Waals surface area contributed by atoms with E-state index in [1.54, 1.807) is 48.3 Å². The number of benzene rings is 2. The molecule has 0 aliphatic rings. The summed E-state index contributed by atoms with van der Waals surface area (Å²) < 4.78 is 2.70. The SMILES string of the molecule is Cc1cc(Br)ccc1SCC(=O)Nc1ccc(C(=O)c2nccn2C)cc1. The highest BCUT2D eigenvalue weighted by Gasteiger charge is 2.13. The molecule has 3 rings (SSSR count). The summed E-state index contributed by atoms with van der Waals surface area (Å²) in [4.78, 5) is 29.7. The van der Waals surface area contributed by atoms with Crippen LogP contribution < -0.4 is 5.32 Å². The first-order chi connectivity index (χ1) is 12.9. The third kappa shape index (κ3) is 4.87. The van der Waals surface area contributed by atoms with E-state index in [-0.39, 0.29) is 11.7 Å². The zero-order valence-electron chi connectivity index (χ0n) is 14.9.